The van der Waals surface area contributed by atoms with Crippen molar-refractivity contribution >= 4 is 18.0 Å². The molecular formula is C16H14O5. The molecule has 1 atom stereocenters. The minimum absolute atomic E-state index is 0.158. The Kier molecular flexibility index (Phi) is 4.35. The summed E-state index contributed by atoms with van der Waals surface area (Å²) in [7, 11) is 0. The highest BCUT2D eigenvalue weighted by Gasteiger charge is 2.22. The molecule has 21 heavy (non-hydrogen) atoms. The van der Waals surface area contributed by atoms with Crippen molar-refractivity contribution in [1.82, 2.24) is 0 Å². The van der Waals surface area contributed by atoms with Gasteiger partial charge in [-0.15, -0.1) is 0 Å². The van der Waals surface area contributed by atoms with E-state index in [0.717, 1.165) is 12.2 Å². The van der Waals surface area contributed by atoms with E-state index < -0.39 is 18.0 Å². The Bertz CT molecular complexity index is 642. The summed E-state index contributed by atoms with van der Waals surface area (Å²) in [6, 6.07) is 4.83. The average Bonchev–Trinajstić information content (AvgIpc) is 2.47. The zero-order chi connectivity index (χ0) is 15.4. The first kappa shape index (κ1) is 14.7. The predicted molar refractivity (Wildman–Crippen MR) is 76.1 cm³/mol. The fourth-order valence-electron chi connectivity index (χ4n) is 1.97. The smallest absolute Gasteiger partial charge is 0.335 e. The van der Waals surface area contributed by atoms with Gasteiger partial charge in [-0.3, -0.25) is 0 Å². The number of fused-ring (bicyclic) bond motifs is 1. The number of aliphatic hydroxyl groups excluding tert-OH is 1. The number of ether oxygens (including phenoxy) is 2. The molecule has 0 fully saturated rings. The van der Waals surface area contributed by atoms with Crippen molar-refractivity contribution in [1.29, 1.82) is 0 Å². The van der Waals surface area contributed by atoms with Gasteiger partial charge in [0.2, 0.25) is 0 Å². The molecule has 0 spiro atoms. The monoisotopic (exact) mass is 286 g/mol. The summed E-state index contributed by atoms with van der Waals surface area (Å²) in [6.45, 7) is 6.63. The van der Waals surface area contributed by atoms with Crippen LogP contribution in [0.1, 0.15) is 23.7 Å². The van der Waals surface area contributed by atoms with Crippen LogP contribution in [-0.4, -0.2) is 17.0 Å². The first-order valence-electron chi connectivity index (χ1n) is 6.24. The standard InChI is InChI=1S/C16H14O5/c1-3-15(18)20-11-6-5-10-7-12(21-16(19)4-2)9-14(17)13(10)8-11/h3-8,14,17H,1-2,9H2. The highest BCUT2D eigenvalue weighted by molar-refractivity contribution is 5.84. The molecule has 1 N–H and O–H groups in total. The number of benzene rings is 1. The van der Waals surface area contributed by atoms with Crippen LogP contribution in [0.25, 0.3) is 6.08 Å². The van der Waals surface area contributed by atoms with E-state index in [1.54, 1.807) is 24.3 Å². The molecule has 2 rings (SSSR count). The number of esters is 2. The van der Waals surface area contributed by atoms with Crippen molar-refractivity contribution in [3.63, 3.8) is 0 Å². The fourth-order valence-corrected chi connectivity index (χ4v) is 1.97. The number of carbonyl (C=O) groups is 2. The van der Waals surface area contributed by atoms with Gasteiger partial charge in [-0.05, 0) is 29.3 Å². The van der Waals surface area contributed by atoms with Crippen LogP contribution in [0.5, 0.6) is 5.75 Å². The molecule has 0 saturated carbocycles. The van der Waals surface area contributed by atoms with Crippen LogP contribution in [0.3, 0.4) is 0 Å². The van der Waals surface area contributed by atoms with Crippen LogP contribution in [-0.2, 0) is 14.3 Å². The molecule has 1 aromatic rings. The van der Waals surface area contributed by atoms with Gasteiger partial charge >= 0.3 is 11.9 Å². The highest BCUT2D eigenvalue weighted by atomic mass is 16.5. The molecule has 0 aromatic heterocycles. The maximum absolute atomic E-state index is 11.2. The second kappa shape index (κ2) is 6.19. The van der Waals surface area contributed by atoms with E-state index in [4.69, 9.17) is 9.47 Å². The summed E-state index contributed by atoms with van der Waals surface area (Å²) in [4.78, 5) is 22.3. The Morgan fingerprint density at radius 1 is 1.19 bits per heavy atom. The average molecular weight is 286 g/mol. The number of hydrogen-bond donors (Lipinski definition) is 1. The zero-order valence-corrected chi connectivity index (χ0v) is 11.2. The van der Waals surface area contributed by atoms with Gasteiger partial charge in [0.25, 0.3) is 0 Å². The van der Waals surface area contributed by atoms with Crippen molar-refractivity contribution in [2.45, 2.75) is 12.5 Å². The molecule has 1 aliphatic rings. The molecule has 5 nitrogen and oxygen atoms in total. The third-order valence-electron chi connectivity index (χ3n) is 2.91. The first-order chi connectivity index (χ1) is 10.0. The van der Waals surface area contributed by atoms with Crippen LogP contribution in [0.4, 0.5) is 0 Å². The van der Waals surface area contributed by atoms with Crippen LogP contribution < -0.4 is 4.74 Å². The molecule has 108 valence electrons. The van der Waals surface area contributed by atoms with Gasteiger partial charge in [0.1, 0.15) is 11.5 Å². The Morgan fingerprint density at radius 3 is 2.52 bits per heavy atom. The normalized spacial score (nSPS) is 16.2. The third-order valence-corrected chi connectivity index (χ3v) is 2.91. The lowest BCUT2D eigenvalue weighted by Gasteiger charge is -2.21. The molecule has 1 aromatic carbocycles. The lowest BCUT2D eigenvalue weighted by Crippen LogP contribution is -2.11. The number of hydrogen-bond acceptors (Lipinski definition) is 5. The Morgan fingerprint density at radius 2 is 1.86 bits per heavy atom. The first-order valence-corrected chi connectivity index (χ1v) is 6.24. The molecule has 0 heterocycles. The van der Waals surface area contributed by atoms with Crippen LogP contribution in [0.15, 0.2) is 49.3 Å². The quantitative estimate of drug-likeness (QED) is 0.522. The van der Waals surface area contributed by atoms with Gasteiger partial charge in [-0.2, -0.15) is 0 Å². The highest BCUT2D eigenvalue weighted by Crippen LogP contribution is 2.34. The SMILES string of the molecule is C=CC(=O)OC1=Cc2ccc(OC(=O)C=C)cc2C(O)C1. The fraction of sp³-hybridized carbons (Fsp3) is 0.125. The molecule has 0 radical (unpaired) electrons. The number of aliphatic hydroxyl groups is 1. The second-order valence-electron chi connectivity index (χ2n) is 4.37. The van der Waals surface area contributed by atoms with E-state index in [2.05, 4.69) is 13.2 Å². The zero-order valence-electron chi connectivity index (χ0n) is 11.2. The van der Waals surface area contributed by atoms with Crippen molar-refractivity contribution in [3.05, 3.63) is 60.4 Å². The van der Waals surface area contributed by atoms with E-state index in [-0.39, 0.29) is 6.42 Å². The largest absolute Gasteiger partial charge is 0.428 e. The van der Waals surface area contributed by atoms with Gasteiger partial charge in [0, 0.05) is 18.6 Å². The van der Waals surface area contributed by atoms with Gasteiger partial charge in [0.15, 0.2) is 0 Å². The molecule has 0 bridgehead atoms. The third kappa shape index (κ3) is 3.46. The lowest BCUT2D eigenvalue weighted by atomic mass is 9.93. The maximum Gasteiger partial charge on any atom is 0.335 e. The van der Waals surface area contributed by atoms with Crippen molar-refractivity contribution in [2.24, 2.45) is 0 Å². The number of rotatable bonds is 4. The van der Waals surface area contributed by atoms with E-state index in [9.17, 15) is 14.7 Å². The van der Waals surface area contributed by atoms with Crippen molar-refractivity contribution < 1.29 is 24.2 Å². The van der Waals surface area contributed by atoms with Crippen molar-refractivity contribution in [2.75, 3.05) is 0 Å². The van der Waals surface area contributed by atoms with E-state index in [1.165, 1.54) is 0 Å². The topological polar surface area (TPSA) is 72.8 Å². The minimum atomic E-state index is -0.847. The van der Waals surface area contributed by atoms with E-state index in [0.29, 0.717) is 22.6 Å². The van der Waals surface area contributed by atoms with Gasteiger partial charge in [-0.25, -0.2) is 9.59 Å². The Balaban J connectivity index is 2.27. The predicted octanol–water partition coefficient (Wildman–Crippen LogP) is 2.29. The lowest BCUT2D eigenvalue weighted by molar-refractivity contribution is -0.134. The Labute approximate surface area is 121 Å². The summed E-state index contributed by atoms with van der Waals surface area (Å²) >= 11 is 0. The summed E-state index contributed by atoms with van der Waals surface area (Å²) in [5.74, 6) is -0.474. The number of carbonyl (C=O) groups excluding carboxylic acids is 2. The van der Waals surface area contributed by atoms with Gasteiger partial charge in [0.05, 0.1) is 6.10 Å². The second-order valence-corrected chi connectivity index (χ2v) is 4.37. The molecule has 0 saturated heterocycles. The van der Waals surface area contributed by atoms with Crippen LogP contribution in [0.2, 0.25) is 0 Å². The molecule has 0 amide bonds. The molecular weight excluding hydrogens is 272 g/mol. The van der Waals surface area contributed by atoms with Gasteiger partial charge < -0.3 is 14.6 Å². The summed E-state index contributed by atoms with van der Waals surface area (Å²) in [5.41, 5.74) is 1.29. The molecule has 0 aliphatic heterocycles. The van der Waals surface area contributed by atoms with Crippen LogP contribution >= 0.6 is 0 Å². The molecule has 1 unspecified atom stereocenters. The Hall–Kier alpha value is -2.66. The van der Waals surface area contributed by atoms with E-state index in [1.807, 2.05) is 0 Å². The molecule has 5 heteroatoms. The van der Waals surface area contributed by atoms with E-state index >= 15 is 0 Å². The van der Waals surface area contributed by atoms with Crippen LogP contribution in [0, 0.1) is 0 Å². The maximum atomic E-state index is 11.2. The molecule has 1 aliphatic carbocycles. The summed E-state index contributed by atoms with van der Waals surface area (Å²) < 4.78 is 10.0. The summed E-state index contributed by atoms with van der Waals surface area (Å²) in [5, 5.41) is 10.1. The van der Waals surface area contributed by atoms with Crippen molar-refractivity contribution in [3.8, 4) is 5.75 Å². The minimum Gasteiger partial charge on any atom is -0.428 e. The van der Waals surface area contributed by atoms with Gasteiger partial charge in [-0.1, -0.05) is 19.2 Å². The summed E-state index contributed by atoms with van der Waals surface area (Å²) in [6.07, 6.45) is 3.08.